The molecule has 0 aromatic heterocycles. The molecule has 0 heterocycles. The summed E-state index contributed by atoms with van der Waals surface area (Å²) in [6, 6.07) is 2.37. The van der Waals surface area contributed by atoms with Crippen molar-refractivity contribution in [1.29, 1.82) is 4.78 Å². The molecule has 150 valence electrons. The van der Waals surface area contributed by atoms with Gasteiger partial charge in [-0.2, -0.15) is 0 Å². The van der Waals surface area contributed by atoms with Crippen LogP contribution in [0.25, 0.3) is 0 Å². The Balaban J connectivity index is 1.63. The molecule has 1 N–H and O–H groups in total. The van der Waals surface area contributed by atoms with E-state index >= 15 is 0 Å². The fourth-order valence-electron chi connectivity index (χ4n) is 4.79. The van der Waals surface area contributed by atoms with Crippen molar-refractivity contribution in [2.45, 2.75) is 65.2 Å². The number of ketones is 1. The maximum Gasteiger partial charge on any atom is 0.150 e. The molecule has 1 aromatic carbocycles. The minimum atomic E-state index is -2.82. The fourth-order valence-corrected chi connectivity index (χ4v) is 6.15. The molecule has 5 heteroatoms. The standard InChI is InChI=1S/C22H34N2O2S/c1-3-24(4-2)12-7-13-27(23,26)16-19(25)15-22-20-10-5-8-17(20)14-18-9-6-11-21(18)22/h14,23H,3-13,15-16H2,1-2H3. The first-order chi connectivity index (χ1) is 12.9. The van der Waals surface area contributed by atoms with Gasteiger partial charge in [0.05, 0.1) is 15.5 Å². The van der Waals surface area contributed by atoms with Gasteiger partial charge in [0.15, 0.2) is 5.78 Å². The topological polar surface area (TPSA) is 61.2 Å². The molecule has 0 amide bonds. The number of hydrogen-bond acceptors (Lipinski definition) is 4. The molecule has 1 atom stereocenters. The monoisotopic (exact) mass is 390 g/mol. The maximum absolute atomic E-state index is 12.7. The smallest absolute Gasteiger partial charge is 0.150 e. The van der Waals surface area contributed by atoms with Gasteiger partial charge in [-0.1, -0.05) is 19.9 Å². The average Bonchev–Trinajstić information content (AvgIpc) is 3.27. The summed E-state index contributed by atoms with van der Waals surface area (Å²) < 4.78 is 20.8. The summed E-state index contributed by atoms with van der Waals surface area (Å²) in [7, 11) is -2.82. The second-order valence-corrected chi connectivity index (χ2v) is 10.4. The number of benzene rings is 1. The normalized spacial score (nSPS) is 17.7. The van der Waals surface area contributed by atoms with E-state index in [4.69, 9.17) is 4.78 Å². The second-order valence-electron chi connectivity index (χ2n) is 8.09. The van der Waals surface area contributed by atoms with Crippen LogP contribution >= 0.6 is 0 Å². The van der Waals surface area contributed by atoms with Gasteiger partial charge in [0.25, 0.3) is 0 Å². The first-order valence-corrected chi connectivity index (χ1v) is 12.5. The van der Waals surface area contributed by atoms with Gasteiger partial charge >= 0.3 is 0 Å². The molecule has 27 heavy (non-hydrogen) atoms. The number of Topliss-reactive ketones (excluding diaryl/α,β-unsaturated/α-hetero) is 1. The van der Waals surface area contributed by atoms with Crippen LogP contribution in [-0.2, 0) is 46.6 Å². The van der Waals surface area contributed by atoms with Gasteiger partial charge in [-0.15, -0.1) is 0 Å². The third kappa shape index (κ3) is 5.00. The van der Waals surface area contributed by atoms with Crippen molar-refractivity contribution in [3.8, 4) is 0 Å². The van der Waals surface area contributed by atoms with Crippen molar-refractivity contribution in [3.05, 3.63) is 33.9 Å². The predicted molar refractivity (Wildman–Crippen MR) is 112 cm³/mol. The van der Waals surface area contributed by atoms with E-state index in [2.05, 4.69) is 24.8 Å². The molecule has 4 nitrogen and oxygen atoms in total. The van der Waals surface area contributed by atoms with E-state index in [1.165, 1.54) is 40.7 Å². The predicted octanol–water partition coefficient (Wildman–Crippen LogP) is 3.55. The van der Waals surface area contributed by atoms with Gasteiger partial charge in [-0.3, -0.25) is 9.57 Å². The van der Waals surface area contributed by atoms with Crippen LogP contribution in [0.1, 0.15) is 60.9 Å². The van der Waals surface area contributed by atoms with Gasteiger partial charge in [-0.05, 0) is 92.4 Å². The van der Waals surface area contributed by atoms with E-state index in [-0.39, 0.29) is 11.5 Å². The van der Waals surface area contributed by atoms with Gasteiger partial charge in [-0.25, -0.2) is 4.21 Å². The summed E-state index contributed by atoms with van der Waals surface area (Å²) >= 11 is 0. The minimum absolute atomic E-state index is 0.00719. The molecule has 0 aliphatic heterocycles. The highest BCUT2D eigenvalue weighted by molar-refractivity contribution is 7.93. The van der Waals surface area contributed by atoms with Crippen molar-refractivity contribution in [2.24, 2.45) is 0 Å². The van der Waals surface area contributed by atoms with Crippen LogP contribution in [0.2, 0.25) is 0 Å². The summed E-state index contributed by atoms with van der Waals surface area (Å²) in [5.41, 5.74) is 6.89. The van der Waals surface area contributed by atoms with Crippen LogP contribution in [0.5, 0.6) is 0 Å². The van der Waals surface area contributed by atoms with Crippen LogP contribution in [-0.4, -0.2) is 46.0 Å². The highest BCUT2D eigenvalue weighted by Gasteiger charge is 2.25. The summed E-state index contributed by atoms with van der Waals surface area (Å²) in [6.07, 6.45) is 7.89. The molecule has 1 aromatic rings. The second kappa shape index (κ2) is 8.87. The van der Waals surface area contributed by atoms with Crippen molar-refractivity contribution in [2.75, 3.05) is 31.1 Å². The molecule has 0 fully saturated rings. The van der Waals surface area contributed by atoms with E-state index < -0.39 is 9.73 Å². The van der Waals surface area contributed by atoms with E-state index in [0.717, 1.165) is 51.7 Å². The molecule has 1 unspecified atom stereocenters. The molecule has 0 bridgehead atoms. The zero-order valence-electron chi connectivity index (χ0n) is 16.9. The van der Waals surface area contributed by atoms with E-state index in [0.29, 0.717) is 12.2 Å². The molecular weight excluding hydrogens is 356 g/mol. The van der Waals surface area contributed by atoms with Crippen molar-refractivity contribution in [3.63, 3.8) is 0 Å². The number of nitrogens with one attached hydrogen (secondary N) is 1. The average molecular weight is 391 g/mol. The Morgan fingerprint density at radius 2 is 1.67 bits per heavy atom. The van der Waals surface area contributed by atoms with Gasteiger partial charge in [0, 0.05) is 12.2 Å². The van der Waals surface area contributed by atoms with Crippen LogP contribution in [0.3, 0.4) is 0 Å². The fraction of sp³-hybridized carbons (Fsp3) is 0.682. The van der Waals surface area contributed by atoms with Crippen LogP contribution in [0, 0.1) is 4.78 Å². The highest BCUT2D eigenvalue weighted by Crippen LogP contribution is 2.35. The lowest BCUT2D eigenvalue weighted by atomic mass is 9.91. The van der Waals surface area contributed by atoms with E-state index in [1.54, 1.807) is 0 Å². The number of nitrogens with zero attached hydrogens (tertiary/aromatic N) is 1. The Morgan fingerprint density at radius 1 is 1.07 bits per heavy atom. The third-order valence-electron chi connectivity index (χ3n) is 6.21. The van der Waals surface area contributed by atoms with Crippen LogP contribution < -0.4 is 0 Å². The lowest BCUT2D eigenvalue weighted by Gasteiger charge is -2.18. The lowest BCUT2D eigenvalue weighted by Crippen LogP contribution is -2.27. The largest absolute Gasteiger partial charge is 0.304 e. The number of aryl methyl sites for hydroxylation is 2. The summed E-state index contributed by atoms with van der Waals surface area (Å²) in [6.45, 7) is 7.03. The number of rotatable bonds is 10. The van der Waals surface area contributed by atoms with Crippen LogP contribution in [0.4, 0.5) is 0 Å². The molecule has 0 radical (unpaired) electrons. The number of carbonyl (C=O) groups is 1. The van der Waals surface area contributed by atoms with E-state index in [9.17, 15) is 9.00 Å². The number of fused-ring (bicyclic) bond motifs is 2. The molecule has 0 saturated carbocycles. The Labute approximate surface area is 164 Å². The molecule has 2 aliphatic carbocycles. The Hall–Kier alpha value is -1.20. The maximum atomic E-state index is 12.7. The summed E-state index contributed by atoms with van der Waals surface area (Å²) in [5.74, 6) is 0.247. The summed E-state index contributed by atoms with van der Waals surface area (Å²) in [4.78, 5) is 15.0. The van der Waals surface area contributed by atoms with Crippen LogP contribution in [0.15, 0.2) is 6.07 Å². The SMILES string of the molecule is CCN(CC)CCCS(=N)(=O)CC(=O)Cc1c2c(cc3c1CCC3)CCC2. The van der Waals surface area contributed by atoms with E-state index in [1.807, 2.05) is 0 Å². The van der Waals surface area contributed by atoms with Gasteiger partial charge < -0.3 is 4.90 Å². The highest BCUT2D eigenvalue weighted by atomic mass is 32.2. The Bertz CT molecular complexity index is 763. The first kappa shape index (κ1) is 20.5. The third-order valence-corrected chi connectivity index (χ3v) is 7.95. The quantitative estimate of drug-likeness (QED) is 0.664. The molecule has 3 rings (SSSR count). The lowest BCUT2D eigenvalue weighted by molar-refractivity contribution is -0.116. The molecular formula is C22H34N2O2S. The zero-order chi connectivity index (χ0) is 19.4. The van der Waals surface area contributed by atoms with Gasteiger partial charge in [0.2, 0.25) is 0 Å². The van der Waals surface area contributed by atoms with Gasteiger partial charge in [0.1, 0.15) is 0 Å². The first-order valence-electron chi connectivity index (χ1n) is 10.6. The zero-order valence-corrected chi connectivity index (χ0v) is 17.8. The molecule has 0 saturated heterocycles. The Morgan fingerprint density at radius 3 is 2.22 bits per heavy atom. The minimum Gasteiger partial charge on any atom is -0.304 e. The van der Waals surface area contributed by atoms with Crippen molar-refractivity contribution in [1.82, 2.24) is 4.90 Å². The summed E-state index contributed by atoms with van der Waals surface area (Å²) in [5, 5.41) is 0. The number of carbonyl (C=O) groups excluding carboxylic acids is 1. The van der Waals surface area contributed by atoms with Crippen molar-refractivity contribution >= 4 is 15.5 Å². The molecule has 0 spiro atoms. The molecule has 2 aliphatic rings. The number of hydrogen-bond donors (Lipinski definition) is 1. The van der Waals surface area contributed by atoms with Crippen molar-refractivity contribution < 1.29 is 9.00 Å². The Kier molecular flexibility index (Phi) is 6.74.